The van der Waals surface area contributed by atoms with Crippen LogP contribution < -0.4 is 15.6 Å². The molecule has 0 saturated carbocycles. The standard InChI is InChI=1S/C22H25N3O3S/c1-12-6-8-17(28-4)16(9-12)24-19(26)11-25-14(3)23-21-20(22(25)27)15-7-5-13(2)10-18(15)29-21/h6,8-9,13H,5,7,10-11H2,1-4H3,(H,24,26). The highest BCUT2D eigenvalue weighted by Crippen LogP contribution is 2.35. The van der Waals surface area contributed by atoms with Crippen molar-refractivity contribution in [3.8, 4) is 5.75 Å². The molecule has 1 aromatic carbocycles. The maximum absolute atomic E-state index is 13.3. The summed E-state index contributed by atoms with van der Waals surface area (Å²) in [6, 6.07) is 5.58. The molecule has 7 heteroatoms. The number of rotatable bonds is 4. The lowest BCUT2D eigenvalue weighted by molar-refractivity contribution is -0.116. The van der Waals surface area contributed by atoms with Crippen LogP contribution in [0, 0.1) is 19.8 Å². The van der Waals surface area contributed by atoms with Crippen molar-refractivity contribution in [3.63, 3.8) is 0 Å². The van der Waals surface area contributed by atoms with E-state index in [2.05, 4.69) is 17.2 Å². The fourth-order valence-electron chi connectivity index (χ4n) is 3.96. The molecule has 0 aliphatic heterocycles. The fourth-order valence-corrected chi connectivity index (χ4v) is 5.38. The van der Waals surface area contributed by atoms with Gasteiger partial charge in [0.25, 0.3) is 5.56 Å². The summed E-state index contributed by atoms with van der Waals surface area (Å²) in [7, 11) is 1.56. The van der Waals surface area contributed by atoms with Gasteiger partial charge in [-0.05, 0) is 62.3 Å². The summed E-state index contributed by atoms with van der Waals surface area (Å²) in [4.78, 5) is 32.7. The molecule has 0 saturated heterocycles. The lowest BCUT2D eigenvalue weighted by atomic mass is 9.89. The molecule has 29 heavy (non-hydrogen) atoms. The Morgan fingerprint density at radius 2 is 2.17 bits per heavy atom. The molecule has 1 aliphatic carbocycles. The van der Waals surface area contributed by atoms with E-state index in [0.29, 0.717) is 28.6 Å². The van der Waals surface area contributed by atoms with Crippen LogP contribution in [-0.4, -0.2) is 22.6 Å². The second-order valence-corrected chi connectivity index (χ2v) is 8.92. The number of benzene rings is 1. The van der Waals surface area contributed by atoms with E-state index in [-0.39, 0.29) is 18.0 Å². The third-order valence-electron chi connectivity index (χ3n) is 5.54. The number of hydrogen-bond donors (Lipinski definition) is 1. The molecule has 3 aromatic rings. The van der Waals surface area contributed by atoms with Crippen LogP contribution >= 0.6 is 11.3 Å². The zero-order valence-corrected chi connectivity index (χ0v) is 18.0. The molecule has 0 fully saturated rings. The second kappa shape index (κ2) is 7.63. The number of aromatic nitrogens is 2. The van der Waals surface area contributed by atoms with Gasteiger partial charge in [0, 0.05) is 4.88 Å². The summed E-state index contributed by atoms with van der Waals surface area (Å²) in [5.41, 5.74) is 2.62. The first-order valence-electron chi connectivity index (χ1n) is 9.83. The zero-order chi connectivity index (χ0) is 20.7. The molecule has 152 valence electrons. The summed E-state index contributed by atoms with van der Waals surface area (Å²) in [6.45, 7) is 5.89. The minimum Gasteiger partial charge on any atom is -0.495 e. The molecule has 6 nitrogen and oxygen atoms in total. The molecule has 1 aliphatic rings. The minimum atomic E-state index is -0.280. The van der Waals surface area contributed by atoms with Gasteiger partial charge in [0.2, 0.25) is 5.91 Å². The number of nitrogens with one attached hydrogen (secondary N) is 1. The van der Waals surface area contributed by atoms with Gasteiger partial charge < -0.3 is 10.1 Å². The largest absolute Gasteiger partial charge is 0.495 e. The van der Waals surface area contributed by atoms with Crippen LogP contribution in [0.2, 0.25) is 0 Å². The monoisotopic (exact) mass is 411 g/mol. The van der Waals surface area contributed by atoms with Crippen molar-refractivity contribution < 1.29 is 9.53 Å². The van der Waals surface area contributed by atoms with Crippen LogP contribution in [-0.2, 0) is 24.2 Å². The van der Waals surface area contributed by atoms with Gasteiger partial charge in [-0.2, -0.15) is 0 Å². The number of carbonyl (C=O) groups is 1. The van der Waals surface area contributed by atoms with E-state index < -0.39 is 0 Å². The highest BCUT2D eigenvalue weighted by Gasteiger charge is 2.24. The van der Waals surface area contributed by atoms with Crippen molar-refractivity contribution in [1.29, 1.82) is 0 Å². The Labute approximate surface area is 173 Å². The predicted molar refractivity (Wildman–Crippen MR) is 116 cm³/mol. The third kappa shape index (κ3) is 3.67. The first-order chi connectivity index (χ1) is 13.9. The highest BCUT2D eigenvalue weighted by molar-refractivity contribution is 7.18. The molecular weight excluding hydrogens is 386 g/mol. The average molecular weight is 412 g/mol. The Bertz CT molecular complexity index is 1160. The molecule has 2 heterocycles. The fraction of sp³-hybridized carbons (Fsp3) is 0.409. The summed E-state index contributed by atoms with van der Waals surface area (Å²) in [5, 5.41) is 3.56. The van der Waals surface area contributed by atoms with Gasteiger partial charge in [-0.1, -0.05) is 13.0 Å². The Balaban J connectivity index is 1.67. The van der Waals surface area contributed by atoms with Gasteiger partial charge in [-0.3, -0.25) is 14.2 Å². The van der Waals surface area contributed by atoms with E-state index in [4.69, 9.17) is 4.74 Å². The Kier molecular flexibility index (Phi) is 5.17. The molecule has 1 atom stereocenters. The van der Waals surface area contributed by atoms with Gasteiger partial charge in [0.15, 0.2) is 0 Å². The zero-order valence-electron chi connectivity index (χ0n) is 17.2. The quantitative estimate of drug-likeness (QED) is 0.708. The van der Waals surface area contributed by atoms with Crippen molar-refractivity contribution >= 4 is 33.1 Å². The van der Waals surface area contributed by atoms with E-state index in [1.54, 1.807) is 25.4 Å². The number of fused-ring (bicyclic) bond motifs is 3. The first-order valence-corrected chi connectivity index (χ1v) is 10.6. The number of thiophene rings is 1. The lowest BCUT2D eigenvalue weighted by Gasteiger charge is -2.17. The minimum absolute atomic E-state index is 0.0777. The predicted octanol–water partition coefficient (Wildman–Crippen LogP) is 3.85. The summed E-state index contributed by atoms with van der Waals surface area (Å²) >= 11 is 1.63. The molecule has 0 bridgehead atoms. The lowest BCUT2D eigenvalue weighted by Crippen LogP contribution is -2.30. The highest BCUT2D eigenvalue weighted by atomic mass is 32.1. The van der Waals surface area contributed by atoms with Crippen LogP contribution in [0.25, 0.3) is 10.2 Å². The first kappa shape index (κ1) is 19.6. The van der Waals surface area contributed by atoms with Gasteiger partial charge in [-0.15, -0.1) is 11.3 Å². The van der Waals surface area contributed by atoms with Crippen LogP contribution in [0.4, 0.5) is 5.69 Å². The normalized spacial score (nSPS) is 15.9. The number of amides is 1. The Morgan fingerprint density at radius 3 is 2.93 bits per heavy atom. The van der Waals surface area contributed by atoms with Gasteiger partial charge in [0.05, 0.1) is 18.2 Å². The maximum atomic E-state index is 13.3. The number of carbonyl (C=O) groups excluding carboxylic acids is 1. The maximum Gasteiger partial charge on any atom is 0.263 e. The number of anilines is 1. The molecule has 2 aromatic heterocycles. The molecule has 0 radical (unpaired) electrons. The van der Waals surface area contributed by atoms with Crippen molar-refractivity contribution in [1.82, 2.24) is 9.55 Å². The number of hydrogen-bond acceptors (Lipinski definition) is 5. The number of ether oxygens (including phenoxy) is 1. The van der Waals surface area contributed by atoms with E-state index >= 15 is 0 Å². The summed E-state index contributed by atoms with van der Waals surface area (Å²) < 4.78 is 6.80. The van der Waals surface area contributed by atoms with Crippen LogP contribution in [0.15, 0.2) is 23.0 Å². The molecule has 4 rings (SSSR count). The van der Waals surface area contributed by atoms with E-state index in [1.807, 2.05) is 25.1 Å². The third-order valence-corrected chi connectivity index (χ3v) is 6.69. The molecule has 0 spiro atoms. The summed E-state index contributed by atoms with van der Waals surface area (Å²) in [5.74, 6) is 1.50. The van der Waals surface area contributed by atoms with Gasteiger partial charge >= 0.3 is 0 Å². The van der Waals surface area contributed by atoms with E-state index in [0.717, 1.165) is 35.2 Å². The van der Waals surface area contributed by atoms with E-state index in [1.165, 1.54) is 9.44 Å². The number of methoxy groups -OCH3 is 1. The summed E-state index contributed by atoms with van der Waals surface area (Å²) in [6.07, 6.45) is 2.99. The second-order valence-electron chi connectivity index (χ2n) is 7.83. The Hall–Kier alpha value is -2.67. The topological polar surface area (TPSA) is 73.2 Å². The van der Waals surface area contributed by atoms with Crippen molar-refractivity contribution in [2.75, 3.05) is 12.4 Å². The van der Waals surface area contributed by atoms with Crippen molar-refractivity contribution in [2.45, 2.75) is 46.6 Å². The smallest absolute Gasteiger partial charge is 0.263 e. The van der Waals surface area contributed by atoms with Crippen LogP contribution in [0.3, 0.4) is 0 Å². The van der Waals surface area contributed by atoms with Crippen molar-refractivity contribution in [3.05, 3.63) is 50.4 Å². The average Bonchev–Trinajstić information content (AvgIpc) is 3.02. The van der Waals surface area contributed by atoms with E-state index in [9.17, 15) is 9.59 Å². The van der Waals surface area contributed by atoms with Gasteiger partial charge in [0.1, 0.15) is 22.9 Å². The molecule has 1 unspecified atom stereocenters. The van der Waals surface area contributed by atoms with Crippen molar-refractivity contribution in [2.24, 2.45) is 5.92 Å². The number of aryl methyl sites for hydroxylation is 3. The number of nitrogens with zero attached hydrogens (tertiary/aromatic N) is 2. The Morgan fingerprint density at radius 1 is 1.38 bits per heavy atom. The van der Waals surface area contributed by atoms with Crippen LogP contribution in [0.1, 0.15) is 35.2 Å². The van der Waals surface area contributed by atoms with Gasteiger partial charge in [-0.25, -0.2) is 4.98 Å². The molecular formula is C22H25N3O3S. The van der Waals surface area contributed by atoms with Crippen LogP contribution in [0.5, 0.6) is 5.75 Å². The molecule has 1 N–H and O–H groups in total. The molecule has 1 amide bonds. The SMILES string of the molecule is COc1ccc(C)cc1NC(=O)Cn1c(C)nc2sc3c(c2c1=O)CCC(C)C3.